The van der Waals surface area contributed by atoms with Crippen molar-refractivity contribution in [1.82, 2.24) is 4.98 Å². The fourth-order valence-corrected chi connectivity index (χ4v) is 0.450. The molecule has 0 aliphatic carbocycles. The summed E-state index contributed by atoms with van der Waals surface area (Å²) in [5.41, 5.74) is -0.762. The van der Waals surface area contributed by atoms with Gasteiger partial charge in [0.1, 0.15) is 5.69 Å². The van der Waals surface area contributed by atoms with Crippen LogP contribution in [0.3, 0.4) is 0 Å². The second-order valence-electron chi connectivity index (χ2n) is 1.51. The molecule has 0 aliphatic rings. The number of H-pyrrole nitrogens is 1. The Morgan fingerprint density at radius 3 is 2.33 bits per heavy atom. The first kappa shape index (κ1) is 6.19. The molecule has 1 aromatic heterocycles. The Balaban J connectivity index is 2.90. The first-order valence-electron chi connectivity index (χ1n) is 2.22. The number of hydrogen-bond donors (Lipinski definition) is 1. The maximum atomic E-state index is 11.6. The number of rotatable bonds is 0. The molecule has 0 aliphatic heterocycles. The summed E-state index contributed by atoms with van der Waals surface area (Å²) in [6.45, 7) is 0. The largest absolute Gasteiger partial charge is 0.431 e. The normalized spacial score (nSPS) is 11.9. The second kappa shape index (κ2) is 1.79. The summed E-state index contributed by atoms with van der Waals surface area (Å²) in [7, 11) is 0. The van der Waals surface area contributed by atoms with Crippen LogP contribution in [0, 0.1) is 6.07 Å². The molecule has 0 atom stereocenters. The second-order valence-corrected chi connectivity index (χ2v) is 1.51. The van der Waals surface area contributed by atoms with Crippen LogP contribution in [0.25, 0.3) is 0 Å². The molecule has 0 bridgehead atoms. The molecule has 1 nitrogen and oxygen atoms in total. The van der Waals surface area contributed by atoms with Gasteiger partial charge in [-0.25, -0.2) is 0 Å². The molecule has 0 saturated heterocycles. The van der Waals surface area contributed by atoms with E-state index >= 15 is 0 Å². The van der Waals surface area contributed by atoms with Crippen molar-refractivity contribution in [1.29, 1.82) is 0 Å². The molecule has 1 N–H and O–H groups in total. The van der Waals surface area contributed by atoms with Crippen LogP contribution in [0.2, 0.25) is 0 Å². The van der Waals surface area contributed by atoms with Gasteiger partial charge in [-0.2, -0.15) is 13.2 Å². The fraction of sp³-hybridized carbons (Fsp3) is 0.200. The monoisotopic (exact) mass is 134 g/mol. The summed E-state index contributed by atoms with van der Waals surface area (Å²) in [4.78, 5) is 2.00. The highest BCUT2D eigenvalue weighted by molar-refractivity contribution is 5.05. The van der Waals surface area contributed by atoms with E-state index in [0.717, 1.165) is 12.3 Å². The highest BCUT2D eigenvalue weighted by Gasteiger charge is 2.31. The van der Waals surface area contributed by atoms with Gasteiger partial charge in [-0.05, 0) is 6.07 Å². The van der Waals surface area contributed by atoms with Crippen molar-refractivity contribution in [2.75, 3.05) is 0 Å². The van der Waals surface area contributed by atoms with E-state index < -0.39 is 11.9 Å². The third-order valence-corrected chi connectivity index (χ3v) is 0.844. The van der Waals surface area contributed by atoms with Gasteiger partial charge in [0.15, 0.2) is 0 Å². The van der Waals surface area contributed by atoms with Crippen LogP contribution >= 0.6 is 0 Å². The Labute approximate surface area is 49.5 Å². The lowest BCUT2D eigenvalue weighted by atomic mass is 10.4. The summed E-state index contributed by atoms with van der Waals surface area (Å²) in [5, 5.41) is 0. The summed E-state index contributed by atoms with van der Waals surface area (Å²) >= 11 is 0. The zero-order chi connectivity index (χ0) is 6.91. The number of aromatic nitrogens is 1. The Hall–Kier alpha value is -0.930. The molecular formula is C5H3F3N. The molecule has 0 fully saturated rings. The van der Waals surface area contributed by atoms with Crippen molar-refractivity contribution in [3.63, 3.8) is 0 Å². The van der Waals surface area contributed by atoms with E-state index in [4.69, 9.17) is 0 Å². The minimum Gasteiger partial charge on any atom is -0.357 e. The molecule has 1 rings (SSSR count). The van der Waals surface area contributed by atoms with Crippen molar-refractivity contribution in [3.8, 4) is 0 Å². The molecule has 49 valence electrons. The van der Waals surface area contributed by atoms with Crippen LogP contribution in [0.15, 0.2) is 12.3 Å². The number of nitrogens with one attached hydrogen (secondary N) is 1. The molecule has 0 unspecified atom stereocenters. The summed E-state index contributed by atoms with van der Waals surface area (Å²) in [6, 6.07) is 3.12. The summed E-state index contributed by atoms with van der Waals surface area (Å²) in [5.74, 6) is 0. The lowest BCUT2D eigenvalue weighted by Crippen LogP contribution is -2.04. The molecule has 0 aromatic carbocycles. The van der Waals surface area contributed by atoms with Crippen LogP contribution < -0.4 is 0 Å². The van der Waals surface area contributed by atoms with Gasteiger partial charge in [-0.1, -0.05) is 0 Å². The van der Waals surface area contributed by atoms with Crippen LogP contribution in [-0.4, -0.2) is 4.98 Å². The first-order valence-corrected chi connectivity index (χ1v) is 2.22. The Bertz CT molecular complexity index is 175. The highest BCUT2D eigenvalue weighted by Crippen LogP contribution is 2.26. The Morgan fingerprint density at radius 1 is 1.44 bits per heavy atom. The Kier molecular flexibility index (Phi) is 1.23. The van der Waals surface area contributed by atoms with Crippen molar-refractivity contribution in [2.24, 2.45) is 0 Å². The van der Waals surface area contributed by atoms with Gasteiger partial charge in [0.2, 0.25) is 0 Å². The summed E-state index contributed by atoms with van der Waals surface area (Å²) in [6.07, 6.45) is -3.15. The van der Waals surface area contributed by atoms with E-state index in [1.807, 2.05) is 4.98 Å². The molecule has 1 radical (unpaired) electrons. The molecule has 9 heavy (non-hydrogen) atoms. The minimum absolute atomic E-state index is 0.762. The summed E-state index contributed by atoms with van der Waals surface area (Å²) < 4.78 is 34.7. The third kappa shape index (κ3) is 1.25. The zero-order valence-electron chi connectivity index (χ0n) is 4.29. The number of halogens is 3. The predicted octanol–water partition coefficient (Wildman–Crippen LogP) is 1.83. The van der Waals surface area contributed by atoms with E-state index in [9.17, 15) is 13.2 Å². The smallest absolute Gasteiger partial charge is 0.357 e. The number of aromatic amines is 1. The zero-order valence-corrected chi connectivity index (χ0v) is 4.29. The quantitative estimate of drug-likeness (QED) is 0.557. The molecule has 4 heteroatoms. The van der Waals surface area contributed by atoms with E-state index in [2.05, 4.69) is 6.07 Å². The molecule has 0 spiro atoms. The van der Waals surface area contributed by atoms with Crippen molar-refractivity contribution < 1.29 is 13.2 Å². The van der Waals surface area contributed by atoms with Gasteiger partial charge in [0, 0.05) is 12.3 Å². The maximum Gasteiger partial charge on any atom is 0.431 e. The highest BCUT2D eigenvalue weighted by atomic mass is 19.4. The van der Waals surface area contributed by atoms with Crippen molar-refractivity contribution in [2.45, 2.75) is 6.18 Å². The molecule has 0 amide bonds. The predicted molar refractivity (Wildman–Crippen MR) is 24.6 cm³/mol. The first-order chi connectivity index (χ1) is 4.11. The lowest BCUT2D eigenvalue weighted by Gasteiger charge is -2.00. The van der Waals surface area contributed by atoms with Gasteiger partial charge in [0.05, 0.1) is 0 Å². The average Bonchev–Trinajstić information content (AvgIpc) is 2.08. The van der Waals surface area contributed by atoms with Crippen LogP contribution in [0.1, 0.15) is 5.69 Å². The SMILES string of the molecule is FC(F)(F)c1c[c]c[nH]1. The van der Waals surface area contributed by atoms with E-state index in [-0.39, 0.29) is 0 Å². The minimum atomic E-state index is -4.26. The fourth-order valence-electron chi connectivity index (χ4n) is 0.450. The van der Waals surface area contributed by atoms with E-state index in [1.165, 1.54) is 0 Å². The average molecular weight is 134 g/mol. The van der Waals surface area contributed by atoms with Gasteiger partial charge >= 0.3 is 6.18 Å². The van der Waals surface area contributed by atoms with Crippen LogP contribution in [0.4, 0.5) is 13.2 Å². The van der Waals surface area contributed by atoms with Crippen LogP contribution in [-0.2, 0) is 6.18 Å². The third-order valence-electron chi connectivity index (χ3n) is 0.844. The van der Waals surface area contributed by atoms with Crippen molar-refractivity contribution >= 4 is 0 Å². The molecular weight excluding hydrogens is 131 g/mol. The molecule has 0 saturated carbocycles. The molecule has 1 heterocycles. The number of hydrogen-bond acceptors (Lipinski definition) is 0. The van der Waals surface area contributed by atoms with E-state index in [1.54, 1.807) is 0 Å². The lowest BCUT2D eigenvalue weighted by molar-refractivity contribution is -0.140. The standard InChI is InChI=1S/C5H3F3N/c6-5(7,8)4-2-1-3-9-4/h2-3,9H. The van der Waals surface area contributed by atoms with Crippen molar-refractivity contribution in [3.05, 3.63) is 24.0 Å². The van der Waals surface area contributed by atoms with Gasteiger partial charge in [0.25, 0.3) is 0 Å². The van der Waals surface area contributed by atoms with E-state index in [0.29, 0.717) is 0 Å². The van der Waals surface area contributed by atoms with Gasteiger partial charge in [-0.15, -0.1) is 0 Å². The maximum absolute atomic E-state index is 11.6. The van der Waals surface area contributed by atoms with Gasteiger partial charge in [-0.3, -0.25) is 0 Å². The molecule has 1 aromatic rings. The van der Waals surface area contributed by atoms with Gasteiger partial charge < -0.3 is 4.98 Å². The Morgan fingerprint density at radius 2 is 2.11 bits per heavy atom. The topological polar surface area (TPSA) is 15.8 Å². The van der Waals surface area contributed by atoms with Crippen LogP contribution in [0.5, 0.6) is 0 Å². The number of alkyl halides is 3.